The molecule has 0 aliphatic carbocycles. The Morgan fingerprint density at radius 3 is 2.59 bits per heavy atom. The summed E-state index contributed by atoms with van der Waals surface area (Å²) in [4.78, 5) is 13.2. The summed E-state index contributed by atoms with van der Waals surface area (Å²) < 4.78 is 0. The predicted octanol–water partition coefficient (Wildman–Crippen LogP) is 2.63. The van der Waals surface area contributed by atoms with Crippen LogP contribution in [0, 0.1) is 0 Å². The van der Waals surface area contributed by atoms with Crippen LogP contribution in [0.15, 0.2) is 30.6 Å². The number of aromatic nitrogens is 3. The van der Waals surface area contributed by atoms with Crippen LogP contribution in [0.1, 0.15) is 19.5 Å². The average Bonchev–Trinajstić information content (AvgIpc) is 2.56. The van der Waals surface area contributed by atoms with Crippen molar-refractivity contribution in [2.75, 3.05) is 18.2 Å². The second-order valence-corrected chi connectivity index (χ2v) is 6.12. The van der Waals surface area contributed by atoms with Gasteiger partial charge < -0.3 is 10.4 Å². The van der Waals surface area contributed by atoms with Gasteiger partial charge in [0.2, 0.25) is 0 Å². The van der Waals surface area contributed by atoms with Gasteiger partial charge in [-0.25, -0.2) is 9.97 Å². The summed E-state index contributed by atoms with van der Waals surface area (Å²) in [5, 5.41) is 12.9. The molecule has 2 N–H and O–H groups in total. The van der Waals surface area contributed by atoms with E-state index in [-0.39, 0.29) is 17.9 Å². The quantitative estimate of drug-likeness (QED) is 0.818. The number of hydrogen-bond donors (Lipinski definition) is 2. The van der Waals surface area contributed by atoms with Gasteiger partial charge in [-0.2, -0.15) is 11.8 Å². The molecule has 0 bridgehead atoms. The molecule has 2 rings (SSSR count). The summed E-state index contributed by atoms with van der Waals surface area (Å²) in [6, 6.07) is 5.89. The summed E-state index contributed by atoms with van der Waals surface area (Å²) in [6.45, 7) is 4.26. The van der Waals surface area contributed by atoms with E-state index in [2.05, 4.69) is 34.1 Å². The highest BCUT2D eigenvalue weighted by Gasteiger charge is 2.16. The molecule has 0 unspecified atom stereocenters. The molecule has 2 atom stereocenters. The first-order chi connectivity index (χ1) is 10.7. The molecule has 22 heavy (non-hydrogen) atoms. The molecular formula is C16H22N4OS. The second-order valence-electron chi connectivity index (χ2n) is 5.05. The molecule has 2 aromatic heterocycles. The van der Waals surface area contributed by atoms with E-state index < -0.39 is 0 Å². The van der Waals surface area contributed by atoms with Crippen molar-refractivity contribution in [2.45, 2.75) is 31.6 Å². The molecule has 0 saturated heterocycles. The maximum Gasteiger partial charge on any atom is 0.161 e. The van der Waals surface area contributed by atoms with E-state index in [0.29, 0.717) is 5.82 Å². The summed E-state index contributed by atoms with van der Waals surface area (Å²) in [6.07, 6.45) is 6.32. The highest BCUT2D eigenvalue weighted by atomic mass is 32.2. The lowest BCUT2D eigenvalue weighted by Crippen LogP contribution is -2.31. The zero-order valence-corrected chi connectivity index (χ0v) is 14.0. The Kier molecular flexibility index (Phi) is 6.15. The predicted molar refractivity (Wildman–Crippen MR) is 92.1 cm³/mol. The third-order valence-corrected chi connectivity index (χ3v) is 4.66. The molecular weight excluding hydrogens is 296 g/mol. The Labute approximate surface area is 135 Å². The molecule has 6 heteroatoms. The van der Waals surface area contributed by atoms with Crippen molar-refractivity contribution in [1.29, 1.82) is 0 Å². The fraction of sp³-hybridized carbons (Fsp3) is 0.438. The van der Waals surface area contributed by atoms with Crippen molar-refractivity contribution < 1.29 is 5.11 Å². The van der Waals surface area contributed by atoms with Crippen molar-refractivity contribution in [3.05, 3.63) is 36.3 Å². The van der Waals surface area contributed by atoms with E-state index in [1.165, 1.54) is 0 Å². The summed E-state index contributed by atoms with van der Waals surface area (Å²) in [7, 11) is 0. The number of hydrogen-bond acceptors (Lipinski definition) is 6. The van der Waals surface area contributed by atoms with Gasteiger partial charge in [0, 0.05) is 41.0 Å². The zero-order chi connectivity index (χ0) is 15.9. The average molecular weight is 318 g/mol. The van der Waals surface area contributed by atoms with Crippen LogP contribution in [0.25, 0.3) is 11.4 Å². The Balaban J connectivity index is 2.28. The van der Waals surface area contributed by atoms with Crippen LogP contribution in [-0.2, 0) is 6.42 Å². The topological polar surface area (TPSA) is 70.9 Å². The zero-order valence-electron chi connectivity index (χ0n) is 13.2. The van der Waals surface area contributed by atoms with Crippen LogP contribution in [0.5, 0.6) is 0 Å². The van der Waals surface area contributed by atoms with Crippen molar-refractivity contribution in [2.24, 2.45) is 0 Å². The van der Waals surface area contributed by atoms with Gasteiger partial charge in [0.1, 0.15) is 5.82 Å². The van der Waals surface area contributed by atoms with Crippen molar-refractivity contribution in [1.82, 2.24) is 15.0 Å². The minimum absolute atomic E-state index is 0.116. The molecule has 2 aromatic rings. The van der Waals surface area contributed by atoms with Crippen molar-refractivity contribution in [3.63, 3.8) is 0 Å². The molecule has 0 spiro atoms. The van der Waals surface area contributed by atoms with Gasteiger partial charge in [-0.05, 0) is 31.7 Å². The lowest BCUT2D eigenvalue weighted by Gasteiger charge is -2.22. The maximum atomic E-state index is 9.41. The lowest BCUT2D eigenvalue weighted by atomic mass is 10.2. The molecule has 0 amide bonds. The van der Waals surface area contributed by atoms with E-state index in [4.69, 9.17) is 0 Å². The minimum Gasteiger partial charge on any atom is -0.395 e. The highest BCUT2D eigenvalue weighted by Crippen LogP contribution is 2.20. The Morgan fingerprint density at radius 2 is 2.00 bits per heavy atom. The van der Waals surface area contributed by atoms with E-state index in [9.17, 15) is 5.11 Å². The van der Waals surface area contributed by atoms with Gasteiger partial charge in [-0.1, -0.05) is 6.92 Å². The number of rotatable bonds is 7. The minimum atomic E-state index is 0.116. The molecule has 0 radical (unpaired) electrons. The van der Waals surface area contributed by atoms with Gasteiger partial charge in [-0.3, -0.25) is 4.98 Å². The fourth-order valence-corrected chi connectivity index (χ4v) is 2.77. The van der Waals surface area contributed by atoms with Gasteiger partial charge in [0.25, 0.3) is 0 Å². The maximum absolute atomic E-state index is 9.41. The second kappa shape index (κ2) is 8.10. The highest BCUT2D eigenvalue weighted by molar-refractivity contribution is 7.99. The molecule has 5 nitrogen and oxygen atoms in total. The number of aliphatic hydroxyl groups is 1. The van der Waals surface area contributed by atoms with Crippen LogP contribution >= 0.6 is 11.8 Å². The number of nitrogens with zero attached hydrogens (tertiary/aromatic N) is 3. The molecule has 118 valence electrons. The van der Waals surface area contributed by atoms with E-state index in [0.717, 1.165) is 23.5 Å². The number of pyridine rings is 1. The molecule has 2 heterocycles. The first-order valence-corrected chi connectivity index (χ1v) is 8.65. The summed E-state index contributed by atoms with van der Waals surface area (Å²) >= 11 is 1.64. The van der Waals surface area contributed by atoms with Crippen LogP contribution in [-0.4, -0.2) is 44.2 Å². The number of thioether (sulfide) groups is 1. The summed E-state index contributed by atoms with van der Waals surface area (Å²) in [5.74, 6) is 1.49. The van der Waals surface area contributed by atoms with Crippen molar-refractivity contribution >= 4 is 17.6 Å². The third-order valence-electron chi connectivity index (χ3n) is 3.50. The molecule has 0 saturated carbocycles. The SMILES string of the molecule is CCc1cc(N[C@H](C)[C@H](CO)SC)nc(-c2ccncc2)n1. The van der Waals surface area contributed by atoms with Crippen LogP contribution in [0.2, 0.25) is 0 Å². The van der Waals surface area contributed by atoms with E-state index in [1.807, 2.05) is 24.5 Å². The number of aryl methyl sites for hydroxylation is 1. The third kappa shape index (κ3) is 4.18. The Morgan fingerprint density at radius 1 is 1.27 bits per heavy atom. The van der Waals surface area contributed by atoms with Crippen molar-refractivity contribution in [3.8, 4) is 11.4 Å². The molecule has 0 aliphatic rings. The monoisotopic (exact) mass is 318 g/mol. The van der Waals surface area contributed by atoms with Crippen LogP contribution < -0.4 is 5.32 Å². The fourth-order valence-electron chi connectivity index (χ4n) is 2.15. The number of nitrogens with one attached hydrogen (secondary N) is 1. The van der Waals surface area contributed by atoms with Crippen LogP contribution in [0.3, 0.4) is 0 Å². The Bertz CT molecular complexity index is 590. The smallest absolute Gasteiger partial charge is 0.161 e. The van der Waals surface area contributed by atoms with E-state index >= 15 is 0 Å². The van der Waals surface area contributed by atoms with Gasteiger partial charge >= 0.3 is 0 Å². The summed E-state index contributed by atoms with van der Waals surface area (Å²) in [5.41, 5.74) is 1.94. The molecule has 0 aliphatic heterocycles. The molecule has 0 fully saturated rings. The van der Waals surface area contributed by atoms with Gasteiger partial charge in [0.15, 0.2) is 5.82 Å². The normalized spacial score (nSPS) is 13.6. The van der Waals surface area contributed by atoms with Gasteiger partial charge in [-0.15, -0.1) is 0 Å². The largest absolute Gasteiger partial charge is 0.395 e. The number of anilines is 1. The Hall–Kier alpha value is -1.66. The lowest BCUT2D eigenvalue weighted by molar-refractivity contribution is 0.288. The number of aliphatic hydroxyl groups excluding tert-OH is 1. The first-order valence-electron chi connectivity index (χ1n) is 7.36. The standard InChI is InChI=1S/C16H22N4OS/c1-4-13-9-15(18-11(2)14(10-21)22-3)20-16(19-13)12-5-7-17-8-6-12/h5-9,11,14,21H,4,10H2,1-3H3,(H,18,19,20)/t11-,14+/m1/s1. The first kappa shape index (κ1) is 16.7. The molecule has 0 aromatic carbocycles. The van der Waals surface area contributed by atoms with Crippen LogP contribution in [0.4, 0.5) is 5.82 Å². The van der Waals surface area contributed by atoms with Gasteiger partial charge in [0.05, 0.1) is 6.61 Å². The van der Waals surface area contributed by atoms with E-state index in [1.54, 1.807) is 24.2 Å².